The lowest BCUT2D eigenvalue weighted by molar-refractivity contribution is 0.591. The summed E-state index contributed by atoms with van der Waals surface area (Å²) in [7, 11) is -3.31. The molecule has 2 rings (SSSR count). The summed E-state index contributed by atoms with van der Waals surface area (Å²) >= 11 is 0. The van der Waals surface area contributed by atoms with E-state index in [2.05, 4.69) is 17.1 Å². The third-order valence-electron chi connectivity index (χ3n) is 3.12. The van der Waals surface area contributed by atoms with Gasteiger partial charge in [-0.15, -0.1) is 0 Å². The summed E-state index contributed by atoms with van der Waals surface area (Å²) in [5, 5.41) is 0. The van der Waals surface area contributed by atoms with Gasteiger partial charge >= 0.3 is 0 Å². The molecule has 0 bridgehead atoms. The van der Waals surface area contributed by atoms with Gasteiger partial charge in [-0.2, -0.15) is 0 Å². The number of nitrogens with two attached hydrogens (primary N) is 1. The van der Waals surface area contributed by atoms with Gasteiger partial charge in [0.15, 0.2) is 9.84 Å². The standard InChI is InChI=1S/C15H18N2O2S/c16-14-12-17-10-9-15(14)20(18,19)11-5-4-8-13-6-2-1-3-7-13/h1-3,6-7,9-10,12H,4-5,8,11,16H2. The summed E-state index contributed by atoms with van der Waals surface area (Å²) in [5.41, 5.74) is 7.11. The minimum atomic E-state index is -3.31. The van der Waals surface area contributed by atoms with E-state index in [1.165, 1.54) is 24.0 Å². The number of unbranched alkanes of at least 4 members (excludes halogenated alkanes) is 1. The molecule has 0 saturated heterocycles. The number of hydrogen-bond donors (Lipinski definition) is 1. The summed E-state index contributed by atoms with van der Waals surface area (Å²) in [6, 6.07) is 11.5. The Hall–Kier alpha value is -1.88. The molecule has 0 atom stereocenters. The first-order chi connectivity index (χ1) is 9.59. The molecule has 5 heteroatoms. The van der Waals surface area contributed by atoms with Crippen molar-refractivity contribution in [2.45, 2.75) is 24.2 Å². The van der Waals surface area contributed by atoms with Crippen LogP contribution in [0, 0.1) is 0 Å². The minimum Gasteiger partial charge on any atom is -0.396 e. The number of pyridine rings is 1. The fourth-order valence-electron chi connectivity index (χ4n) is 2.05. The van der Waals surface area contributed by atoms with Gasteiger partial charge in [0.25, 0.3) is 0 Å². The Morgan fingerprint density at radius 3 is 2.50 bits per heavy atom. The molecule has 2 N–H and O–H groups in total. The molecule has 0 unspecified atom stereocenters. The molecule has 20 heavy (non-hydrogen) atoms. The van der Waals surface area contributed by atoms with Crippen molar-refractivity contribution in [3.05, 3.63) is 54.4 Å². The van der Waals surface area contributed by atoms with Gasteiger partial charge in [-0.25, -0.2) is 8.42 Å². The van der Waals surface area contributed by atoms with E-state index in [1.54, 1.807) is 0 Å². The van der Waals surface area contributed by atoms with Crippen molar-refractivity contribution >= 4 is 15.5 Å². The molecule has 0 aliphatic rings. The number of nitrogens with zero attached hydrogens (tertiary/aromatic N) is 1. The van der Waals surface area contributed by atoms with E-state index in [0.29, 0.717) is 6.42 Å². The molecule has 0 fully saturated rings. The first-order valence-electron chi connectivity index (χ1n) is 6.56. The SMILES string of the molecule is Nc1cnccc1S(=O)(=O)CCCCc1ccccc1. The third kappa shape index (κ3) is 3.81. The second-order valence-corrected chi connectivity index (χ2v) is 6.75. The summed E-state index contributed by atoms with van der Waals surface area (Å²) in [6.07, 6.45) is 5.18. The van der Waals surface area contributed by atoms with Crippen LogP contribution in [0.3, 0.4) is 0 Å². The van der Waals surface area contributed by atoms with Gasteiger partial charge in [-0.05, 0) is 30.9 Å². The predicted octanol–water partition coefficient (Wildman–Crippen LogP) is 2.46. The van der Waals surface area contributed by atoms with Crippen LogP contribution in [0.2, 0.25) is 0 Å². The van der Waals surface area contributed by atoms with Crippen molar-refractivity contribution < 1.29 is 8.42 Å². The molecule has 1 heterocycles. The van der Waals surface area contributed by atoms with Gasteiger partial charge in [-0.1, -0.05) is 30.3 Å². The first-order valence-corrected chi connectivity index (χ1v) is 8.21. The highest BCUT2D eigenvalue weighted by molar-refractivity contribution is 7.91. The largest absolute Gasteiger partial charge is 0.396 e. The lowest BCUT2D eigenvalue weighted by atomic mass is 10.1. The van der Waals surface area contributed by atoms with E-state index >= 15 is 0 Å². The Bertz CT molecular complexity index is 655. The van der Waals surface area contributed by atoms with Crippen LogP contribution in [0.15, 0.2) is 53.7 Å². The van der Waals surface area contributed by atoms with E-state index < -0.39 is 9.84 Å². The Morgan fingerprint density at radius 1 is 1.05 bits per heavy atom. The maximum atomic E-state index is 12.2. The van der Waals surface area contributed by atoms with Gasteiger partial charge in [0, 0.05) is 6.20 Å². The van der Waals surface area contributed by atoms with Gasteiger partial charge in [0.1, 0.15) is 0 Å². The zero-order valence-corrected chi connectivity index (χ0v) is 12.0. The quantitative estimate of drug-likeness (QED) is 0.829. The summed E-state index contributed by atoms with van der Waals surface area (Å²) < 4.78 is 24.3. The smallest absolute Gasteiger partial charge is 0.180 e. The number of nitrogen functional groups attached to an aromatic ring is 1. The van der Waals surface area contributed by atoms with Gasteiger partial charge < -0.3 is 5.73 Å². The van der Waals surface area contributed by atoms with Crippen LogP contribution in [0.25, 0.3) is 0 Å². The molecule has 1 aromatic heterocycles. The van der Waals surface area contributed by atoms with Crippen molar-refractivity contribution in [1.82, 2.24) is 4.98 Å². The third-order valence-corrected chi connectivity index (χ3v) is 4.98. The van der Waals surface area contributed by atoms with E-state index in [0.717, 1.165) is 12.8 Å². The number of hydrogen-bond acceptors (Lipinski definition) is 4. The Morgan fingerprint density at radius 2 is 1.80 bits per heavy atom. The lowest BCUT2D eigenvalue weighted by Crippen LogP contribution is -2.10. The van der Waals surface area contributed by atoms with Crippen molar-refractivity contribution in [2.24, 2.45) is 0 Å². The fraction of sp³-hybridized carbons (Fsp3) is 0.267. The summed E-state index contributed by atoms with van der Waals surface area (Å²) in [4.78, 5) is 3.99. The second kappa shape index (κ2) is 6.52. The second-order valence-electron chi connectivity index (χ2n) is 4.68. The molecule has 106 valence electrons. The highest BCUT2D eigenvalue weighted by Crippen LogP contribution is 2.19. The average Bonchev–Trinajstić information content (AvgIpc) is 2.45. The molecule has 4 nitrogen and oxygen atoms in total. The van der Waals surface area contributed by atoms with Crippen LogP contribution in [0.4, 0.5) is 5.69 Å². The molecular formula is C15H18N2O2S. The van der Waals surface area contributed by atoms with Crippen LogP contribution in [0.5, 0.6) is 0 Å². The molecular weight excluding hydrogens is 272 g/mol. The zero-order chi connectivity index (χ0) is 14.4. The van der Waals surface area contributed by atoms with Crippen LogP contribution >= 0.6 is 0 Å². The molecule has 0 aliphatic heterocycles. The fourth-order valence-corrected chi connectivity index (χ4v) is 3.54. The highest BCUT2D eigenvalue weighted by Gasteiger charge is 2.16. The number of benzene rings is 1. The highest BCUT2D eigenvalue weighted by atomic mass is 32.2. The van der Waals surface area contributed by atoms with E-state index in [9.17, 15) is 8.42 Å². The maximum Gasteiger partial charge on any atom is 0.180 e. The van der Waals surface area contributed by atoms with E-state index in [4.69, 9.17) is 5.73 Å². The maximum absolute atomic E-state index is 12.2. The Kier molecular flexibility index (Phi) is 4.74. The summed E-state index contributed by atoms with van der Waals surface area (Å²) in [6.45, 7) is 0. The van der Waals surface area contributed by atoms with Gasteiger partial charge in [-0.3, -0.25) is 4.98 Å². The first kappa shape index (κ1) is 14.5. The van der Waals surface area contributed by atoms with Crippen molar-refractivity contribution in [3.63, 3.8) is 0 Å². The monoisotopic (exact) mass is 290 g/mol. The topological polar surface area (TPSA) is 73.0 Å². The van der Waals surface area contributed by atoms with Crippen molar-refractivity contribution in [3.8, 4) is 0 Å². The van der Waals surface area contributed by atoms with Crippen LogP contribution < -0.4 is 5.73 Å². The normalized spacial score (nSPS) is 11.4. The molecule has 0 saturated carbocycles. The zero-order valence-electron chi connectivity index (χ0n) is 11.2. The molecule has 1 aromatic carbocycles. The van der Waals surface area contributed by atoms with Gasteiger partial charge in [0.05, 0.1) is 22.5 Å². The molecule has 0 aliphatic carbocycles. The minimum absolute atomic E-state index is 0.119. The molecule has 0 spiro atoms. The van der Waals surface area contributed by atoms with E-state index in [-0.39, 0.29) is 16.3 Å². The number of sulfone groups is 1. The number of anilines is 1. The lowest BCUT2D eigenvalue weighted by Gasteiger charge is -2.06. The molecule has 0 radical (unpaired) electrons. The average molecular weight is 290 g/mol. The van der Waals surface area contributed by atoms with E-state index in [1.807, 2.05) is 18.2 Å². The molecule has 2 aromatic rings. The Labute approximate surface area is 119 Å². The van der Waals surface area contributed by atoms with Crippen LogP contribution in [0.1, 0.15) is 18.4 Å². The molecule has 0 amide bonds. The predicted molar refractivity (Wildman–Crippen MR) is 80.1 cm³/mol. The van der Waals surface area contributed by atoms with Gasteiger partial charge in [0.2, 0.25) is 0 Å². The number of rotatable bonds is 6. The van der Waals surface area contributed by atoms with Crippen LogP contribution in [-0.2, 0) is 16.3 Å². The van der Waals surface area contributed by atoms with Crippen molar-refractivity contribution in [2.75, 3.05) is 11.5 Å². The van der Waals surface area contributed by atoms with Crippen LogP contribution in [-0.4, -0.2) is 19.2 Å². The number of aryl methyl sites for hydroxylation is 1. The number of aromatic nitrogens is 1. The summed E-state index contributed by atoms with van der Waals surface area (Å²) in [5.74, 6) is 0.119. The van der Waals surface area contributed by atoms with Crippen molar-refractivity contribution in [1.29, 1.82) is 0 Å². The Balaban J connectivity index is 1.89.